The molecule has 4 heterocycles. The molecule has 1 saturated carbocycles. The first-order valence-electron chi connectivity index (χ1n) is 10.0. The van der Waals surface area contributed by atoms with E-state index >= 15 is 0 Å². The number of nitrogens with zero attached hydrogens (tertiary/aromatic N) is 4. The molecule has 0 bridgehead atoms. The Balaban J connectivity index is 1.16. The summed E-state index contributed by atoms with van der Waals surface area (Å²) >= 11 is 0. The molecule has 0 radical (unpaired) electrons. The molecule has 3 saturated heterocycles. The van der Waals surface area contributed by atoms with Crippen molar-refractivity contribution in [2.75, 3.05) is 45.9 Å². The van der Waals surface area contributed by atoms with Gasteiger partial charge in [0.1, 0.15) is 4.90 Å². The molecule has 3 aliphatic heterocycles. The molecule has 29 heavy (non-hydrogen) atoms. The summed E-state index contributed by atoms with van der Waals surface area (Å²) in [6.07, 6.45) is 3.52. The Morgan fingerprint density at radius 3 is 2.38 bits per heavy atom. The van der Waals surface area contributed by atoms with Crippen LogP contribution in [0.1, 0.15) is 31.3 Å². The smallest absolute Gasteiger partial charge is 0.303 e. The van der Waals surface area contributed by atoms with Crippen LogP contribution < -0.4 is 0 Å². The summed E-state index contributed by atoms with van der Waals surface area (Å²) in [6.45, 7) is 7.85. The Bertz CT molecular complexity index is 923. The van der Waals surface area contributed by atoms with Gasteiger partial charge < -0.3 is 9.64 Å². The van der Waals surface area contributed by atoms with Gasteiger partial charge in [0.25, 0.3) is 0 Å². The summed E-state index contributed by atoms with van der Waals surface area (Å²) in [5.41, 5.74) is 0.581. The molecule has 0 atom stereocenters. The summed E-state index contributed by atoms with van der Waals surface area (Å²) in [6, 6.07) is 0. The van der Waals surface area contributed by atoms with Crippen LogP contribution >= 0.6 is 0 Å². The van der Waals surface area contributed by atoms with Crippen LogP contribution in [0.4, 0.5) is 8.78 Å². The highest BCUT2D eigenvalue weighted by atomic mass is 32.2. The second-order valence-electron chi connectivity index (χ2n) is 9.74. The van der Waals surface area contributed by atoms with Crippen LogP contribution in [0.15, 0.2) is 11.1 Å². The summed E-state index contributed by atoms with van der Waals surface area (Å²) in [5.74, 6) is -3.12. The average molecular weight is 429 g/mol. The standard InChI is InChI=1S/C19H26F2N4O3S/c1-13-15(5-22-16(23-13)17(2,20)21)29(26,27)25-9-19(10-25)7-24(8-19)6-14-3-18(4-14)11-28-12-18/h5,14H,3-4,6-12H2,1-2H3. The average Bonchev–Trinajstić information content (AvgIpc) is 2.46. The fourth-order valence-corrected chi connectivity index (χ4v) is 7.22. The number of aryl methyl sites for hydroxylation is 1. The van der Waals surface area contributed by atoms with Crippen molar-refractivity contribution in [1.82, 2.24) is 19.2 Å². The molecule has 4 fully saturated rings. The van der Waals surface area contributed by atoms with Crippen LogP contribution in [0, 0.1) is 23.7 Å². The van der Waals surface area contributed by atoms with Gasteiger partial charge in [-0.3, -0.25) is 0 Å². The first kappa shape index (κ1) is 19.7. The van der Waals surface area contributed by atoms with Gasteiger partial charge in [-0.25, -0.2) is 18.4 Å². The lowest BCUT2D eigenvalue weighted by molar-refractivity contribution is -0.188. The van der Waals surface area contributed by atoms with E-state index in [-0.39, 0.29) is 16.0 Å². The minimum Gasteiger partial charge on any atom is -0.380 e. The van der Waals surface area contributed by atoms with Crippen molar-refractivity contribution >= 4 is 10.0 Å². The first-order chi connectivity index (χ1) is 13.5. The van der Waals surface area contributed by atoms with Crippen molar-refractivity contribution in [2.45, 2.75) is 37.5 Å². The van der Waals surface area contributed by atoms with E-state index in [1.165, 1.54) is 24.1 Å². The lowest BCUT2D eigenvalue weighted by atomic mass is 9.60. The van der Waals surface area contributed by atoms with E-state index in [2.05, 4.69) is 14.9 Å². The quantitative estimate of drug-likeness (QED) is 0.710. The number of hydrogen-bond acceptors (Lipinski definition) is 6. The van der Waals surface area contributed by atoms with Crippen LogP contribution in [-0.4, -0.2) is 73.5 Å². The number of hydrogen-bond donors (Lipinski definition) is 0. The summed E-state index contributed by atoms with van der Waals surface area (Å²) < 4.78 is 59.3. The number of likely N-dealkylation sites (tertiary alicyclic amines) is 1. The van der Waals surface area contributed by atoms with Crippen LogP contribution in [0.25, 0.3) is 0 Å². The Labute approximate surface area is 169 Å². The van der Waals surface area contributed by atoms with Crippen LogP contribution in [0.2, 0.25) is 0 Å². The Morgan fingerprint density at radius 1 is 1.21 bits per heavy atom. The maximum atomic E-state index is 13.4. The Morgan fingerprint density at radius 2 is 1.86 bits per heavy atom. The maximum absolute atomic E-state index is 13.4. The van der Waals surface area contributed by atoms with E-state index in [1.807, 2.05) is 0 Å². The van der Waals surface area contributed by atoms with E-state index in [9.17, 15) is 17.2 Å². The molecule has 1 aliphatic carbocycles. The number of ether oxygens (including phenoxy) is 1. The molecule has 0 unspecified atom stereocenters. The third-order valence-corrected chi connectivity index (χ3v) is 8.76. The van der Waals surface area contributed by atoms with Crippen LogP contribution in [0.3, 0.4) is 0 Å². The van der Waals surface area contributed by atoms with Crippen molar-refractivity contribution in [3.8, 4) is 0 Å². The van der Waals surface area contributed by atoms with E-state index in [0.29, 0.717) is 25.4 Å². The topological polar surface area (TPSA) is 75.6 Å². The zero-order valence-electron chi connectivity index (χ0n) is 16.7. The highest BCUT2D eigenvalue weighted by molar-refractivity contribution is 7.89. The van der Waals surface area contributed by atoms with Crippen molar-refractivity contribution < 1.29 is 21.9 Å². The van der Waals surface area contributed by atoms with E-state index in [0.717, 1.165) is 45.0 Å². The normalized spacial score (nSPS) is 26.6. The third-order valence-electron chi connectivity index (χ3n) is 6.86. The zero-order chi connectivity index (χ0) is 20.7. The van der Waals surface area contributed by atoms with Gasteiger partial charge in [-0.15, -0.1) is 0 Å². The van der Waals surface area contributed by atoms with Gasteiger partial charge in [-0.2, -0.15) is 13.1 Å². The zero-order valence-corrected chi connectivity index (χ0v) is 17.5. The minimum atomic E-state index is -3.76. The molecular formula is C19H26F2N4O3S. The van der Waals surface area contributed by atoms with Gasteiger partial charge in [0, 0.05) is 50.5 Å². The van der Waals surface area contributed by atoms with Gasteiger partial charge in [0.05, 0.1) is 25.1 Å². The number of alkyl halides is 2. The van der Waals surface area contributed by atoms with Gasteiger partial charge >= 0.3 is 5.92 Å². The van der Waals surface area contributed by atoms with Crippen molar-refractivity contribution in [1.29, 1.82) is 0 Å². The molecule has 2 spiro atoms. The predicted octanol–water partition coefficient (Wildman–Crippen LogP) is 1.63. The number of rotatable bonds is 5. The Hall–Kier alpha value is -1.23. The molecule has 160 valence electrons. The molecule has 10 heteroatoms. The lowest BCUT2D eigenvalue weighted by Crippen LogP contribution is -2.73. The first-order valence-corrected chi connectivity index (χ1v) is 11.5. The molecule has 1 aromatic rings. The van der Waals surface area contributed by atoms with Gasteiger partial charge in [0.2, 0.25) is 10.0 Å². The van der Waals surface area contributed by atoms with Crippen molar-refractivity contribution in [3.63, 3.8) is 0 Å². The second-order valence-corrected chi connectivity index (χ2v) is 11.6. The van der Waals surface area contributed by atoms with Crippen molar-refractivity contribution in [3.05, 3.63) is 17.7 Å². The number of halogens is 2. The fraction of sp³-hybridized carbons (Fsp3) is 0.789. The summed E-state index contributed by atoms with van der Waals surface area (Å²) in [4.78, 5) is 9.65. The molecule has 5 rings (SSSR count). The largest absolute Gasteiger partial charge is 0.380 e. The third kappa shape index (κ3) is 3.19. The van der Waals surface area contributed by atoms with Gasteiger partial charge in [0.15, 0.2) is 5.82 Å². The lowest BCUT2D eigenvalue weighted by Gasteiger charge is -2.61. The second kappa shape index (κ2) is 6.15. The molecule has 7 nitrogen and oxygen atoms in total. The maximum Gasteiger partial charge on any atom is 0.303 e. The van der Waals surface area contributed by atoms with Crippen LogP contribution in [-0.2, 0) is 20.7 Å². The molecule has 0 N–H and O–H groups in total. The summed E-state index contributed by atoms with van der Waals surface area (Å²) in [5, 5.41) is 0. The van der Waals surface area contributed by atoms with E-state index < -0.39 is 21.8 Å². The molecule has 0 amide bonds. The monoisotopic (exact) mass is 428 g/mol. The van der Waals surface area contributed by atoms with Gasteiger partial charge in [-0.05, 0) is 25.7 Å². The summed E-state index contributed by atoms with van der Waals surface area (Å²) in [7, 11) is -3.76. The fourth-order valence-electron chi connectivity index (χ4n) is 5.45. The van der Waals surface area contributed by atoms with E-state index in [4.69, 9.17) is 4.74 Å². The minimum absolute atomic E-state index is 0.0409. The molecule has 4 aliphatic rings. The highest BCUT2D eigenvalue weighted by Gasteiger charge is 2.57. The highest BCUT2D eigenvalue weighted by Crippen LogP contribution is 2.52. The molecule has 0 aromatic carbocycles. The van der Waals surface area contributed by atoms with Crippen molar-refractivity contribution in [2.24, 2.45) is 16.7 Å². The predicted molar refractivity (Wildman–Crippen MR) is 99.9 cm³/mol. The number of aromatic nitrogens is 2. The van der Waals surface area contributed by atoms with E-state index in [1.54, 1.807) is 0 Å². The van der Waals surface area contributed by atoms with Gasteiger partial charge in [-0.1, -0.05) is 0 Å². The molecular weight excluding hydrogens is 402 g/mol. The number of sulfonamides is 1. The van der Waals surface area contributed by atoms with Crippen LogP contribution in [0.5, 0.6) is 0 Å². The molecule has 1 aromatic heterocycles. The SMILES string of the molecule is Cc1nc(C(C)(F)F)ncc1S(=O)(=O)N1CC2(CN(CC3CC4(COC4)C3)C2)C1. The Kier molecular flexibility index (Phi) is 4.18.